The quantitative estimate of drug-likeness (QED) is 0.159. The average Bonchev–Trinajstić information content (AvgIpc) is 3.82. The van der Waals surface area contributed by atoms with Crippen molar-refractivity contribution in [1.82, 2.24) is 15.0 Å². The Morgan fingerprint density at radius 2 is 1.64 bits per heavy atom. The first-order valence-corrected chi connectivity index (χ1v) is 21.5. The van der Waals surface area contributed by atoms with Crippen LogP contribution < -0.4 is 9.80 Å². The Balaban J connectivity index is 1.17. The van der Waals surface area contributed by atoms with Gasteiger partial charge in [-0.25, -0.2) is 0 Å². The molecular formula is C42H45N5O5Si. The van der Waals surface area contributed by atoms with Crippen LogP contribution in [0.25, 0.3) is 0 Å². The Morgan fingerprint density at radius 3 is 2.38 bits per heavy atom. The van der Waals surface area contributed by atoms with E-state index in [1.165, 1.54) is 0 Å². The van der Waals surface area contributed by atoms with Crippen LogP contribution in [-0.2, 0) is 39.4 Å². The van der Waals surface area contributed by atoms with Crippen molar-refractivity contribution in [3.05, 3.63) is 137 Å². The third-order valence-electron chi connectivity index (χ3n) is 11.4. The summed E-state index contributed by atoms with van der Waals surface area (Å²) in [5.41, 5.74) is 5.08. The second-order valence-corrected chi connectivity index (χ2v) is 19.1. The van der Waals surface area contributed by atoms with Gasteiger partial charge in [-0.15, -0.1) is 5.10 Å². The Morgan fingerprint density at radius 1 is 0.925 bits per heavy atom. The van der Waals surface area contributed by atoms with Crippen LogP contribution in [0.1, 0.15) is 53.6 Å². The summed E-state index contributed by atoms with van der Waals surface area (Å²) < 4.78 is 8.91. The monoisotopic (exact) mass is 727 g/mol. The van der Waals surface area contributed by atoms with E-state index in [4.69, 9.17) is 4.74 Å². The van der Waals surface area contributed by atoms with E-state index in [0.29, 0.717) is 43.7 Å². The molecule has 0 saturated carbocycles. The Labute approximate surface area is 310 Å². The van der Waals surface area contributed by atoms with E-state index < -0.39 is 20.0 Å². The number of fused-ring (bicyclic) bond motifs is 3. The molecule has 4 heterocycles. The van der Waals surface area contributed by atoms with Gasteiger partial charge in [0.15, 0.2) is 13.9 Å². The van der Waals surface area contributed by atoms with Gasteiger partial charge in [0.1, 0.15) is 0 Å². The SMILES string of the molecule is C[C@H]1[C@H]([Si](C)(C)O)[C@@H](CCn2cc(C(CO)c3ccccc3)nn2)O[C@]12C(=O)N(Cc1ccccc1)c1ccc(N3C(=O)CCc4ccccc43)cc12. The first-order chi connectivity index (χ1) is 25.6. The zero-order valence-electron chi connectivity index (χ0n) is 30.3. The lowest BCUT2D eigenvalue weighted by Gasteiger charge is -2.33. The highest BCUT2D eigenvalue weighted by Crippen LogP contribution is 2.60. The summed E-state index contributed by atoms with van der Waals surface area (Å²) in [6.45, 7) is 6.59. The van der Waals surface area contributed by atoms with Crippen molar-refractivity contribution in [2.45, 2.75) is 75.5 Å². The fraction of sp³-hybridized carbons (Fsp3) is 0.333. The number of hydrogen-bond donors (Lipinski definition) is 2. The summed E-state index contributed by atoms with van der Waals surface area (Å²) in [7, 11) is -2.93. The van der Waals surface area contributed by atoms with Gasteiger partial charge in [-0.1, -0.05) is 91.0 Å². The fourth-order valence-corrected chi connectivity index (χ4v) is 11.6. The zero-order valence-corrected chi connectivity index (χ0v) is 31.3. The third kappa shape index (κ3) is 6.11. The van der Waals surface area contributed by atoms with E-state index in [-0.39, 0.29) is 35.8 Å². The summed E-state index contributed by atoms with van der Waals surface area (Å²) in [5.74, 6) is -0.822. The van der Waals surface area contributed by atoms with E-state index in [9.17, 15) is 14.7 Å². The number of rotatable bonds is 10. The summed E-state index contributed by atoms with van der Waals surface area (Å²) in [6.07, 6.45) is 2.97. The van der Waals surface area contributed by atoms with Crippen LogP contribution in [0.2, 0.25) is 18.6 Å². The lowest BCUT2D eigenvalue weighted by atomic mass is 9.82. The lowest BCUT2D eigenvalue weighted by molar-refractivity contribution is -0.146. The maximum atomic E-state index is 15.1. The molecule has 11 heteroatoms. The molecule has 2 amide bonds. The Bertz CT molecular complexity index is 2140. The normalized spacial score (nSPS) is 23.1. The van der Waals surface area contributed by atoms with Gasteiger partial charge in [0, 0.05) is 41.9 Å². The first-order valence-electron chi connectivity index (χ1n) is 18.5. The van der Waals surface area contributed by atoms with Gasteiger partial charge in [0.2, 0.25) is 5.91 Å². The minimum absolute atomic E-state index is 0.00566. The van der Waals surface area contributed by atoms with Crippen LogP contribution in [0.15, 0.2) is 109 Å². The van der Waals surface area contributed by atoms with Crippen LogP contribution in [0.3, 0.4) is 0 Å². The summed E-state index contributed by atoms with van der Waals surface area (Å²) >= 11 is 0. The predicted octanol–water partition coefficient (Wildman–Crippen LogP) is 6.45. The first kappa shape index (κ1) is 35.1. The largest absolute Gasteiger partial charge is 0.432 e. The molecule has 0 aliphatic carbocycles. The van der Waals surface area contributed by atoms with Gasteiger partial charge < -0.3 is 19.5 Å². The molecule has 0 radical (unpaired) electrons. The van der Waals surface area contributed by atoms with Gasteiger partial charge in [-0.05, 0) is 66.9 Å². The van der Waals surface area contributed by atoms with Crippen LogP contribution in [0.5, 0.6) is 0 Å². The summed E-state index contributed by atoms with van der Waals surface area (Å²) in [5, 5.41) is 19.0. The standard InChI is InChI=1S/C42H45N5O5Si/c1-28-40(53(2,3)51)38(22-23-45-26-35(43-44-45)33(27-48)30-14-8-5-9-15-30)52-42(28)34-24-32(47-36-17-11-10-16-31(36)18-21-39(47)49)19-20-37(34)46(41(42)50)25-29-12-6-4-7-13-29/h4-17,19-20,24,26,28,33,38,40,48,51H,18,21-23,25,27H2,1-3H3/t28-,33?,38+,40-,42+/m0/s1. The second-order valence-electron chi connectivity index (χ2n) is 15.1. The van der Waals surface area contributed by atoms with E-state index in [1.807, 2.05) is 128 Å². The summed E-state index contributed by atoms with van der Waals surface area (Å²) in [4.78, 5) is 44.1. The molecule has 8 rings (SSSR count). The predicted molar refractivity (Wildman–Crippen MR) is 205 cm³/mol. The number of nitrogens with zero attached hydrogens (tertiary/aromatic N) is 5. The number of ether oxygens (including phenoxy) is 1. The number of carbonyl (C=O) groups is 2. The molecule has 5 aromatic rings. The number of aromatic nitrogens is 3. The number of amides is 2. The molecule has 1 fully saturated rings. The number of anilines is 3. The smallest absolute Gasteiger partial charge is 0.264 e. The van der Waals surface area contributed by atoms with Gasteiger partial charge in [0.25, 0.3) is 5.91 Å². The van der Waals surface area contributed by atoms with Gasteiger partial charge >= 0.3 is 0 Å². The molecule has 2 N–H and O–H groups in total. The molecule has 272 valence electrons. The van der Waals surface area contributed by atoms with Crippen molar-refractivity contribution >= 4 is 37.2 Å². The maximum Gasteiger partial charge on any atom is 0.264 e. The number of aliphatic hydroxyl groups excluding tert-OH is 1. The van der Waals surface area contributed by atoms with Gasteiger partial charge in [-0.3, -0.25) is 19.2 Å². The molecule has 1 aromatic heterocycles. The second kappa shape index (κ2) is 13.8. The summed E-state index contributed by atoms with van der Waals surface area (Å²) in [6, 6.07) is 33.5. The number of carbonyl (C=O) groups excluding carboxylic acids is 2. The minimum Gasteiger partial charge on any atom is -0.432 e. The van der Waals surface area contributed by atoms with Crippen molar-refractivity contribution < 1.29 is 24.2 Å². The van der Waals surface area contributed by atoms with E-state index in [2.05, 4.69) is 16.4 Å². The molecule has 4 aromatic carbocycles. The zero-order chi connectivity index (χ0) is 36.9. The number of para-hydroxylation sites is 1. The van der Waals surface area contributed by atoms with Crippen LogP contribution >= 0.6 is 0 Å². The maximum absolute atomic E-state index is 15.1. The average molecular weight is 728 g/mol. The van der Waals surface area contributed by atoms with Gasteiger partial charge in [0.05, 0.1) is 42.2 Å². The highest BCUT2D eigenvalue weighted by Gasteiger charge is 2.66. The molecule has 3 aliphatic rings. The molecule has 10 nitrogen and oxygen atoms in total. The topological polar surface area (TPSA) is 121 Å². The van der Waals surface area contributed by atoms with Crippen LogP contribution in [0, 0.1) is 5.92 Å². The van der Waals surface area contributed by atoms with Crippen molar-refractivity contribution in [3.63, 3.8) is 0 Å². The molecule has 1 spiro atoms. The highest BCUT2D eigenvalue weighted by atomic mass is 28.4. The van der Waals surface area contributed by atoms with Crippen LogP contribution in [-0.4, -0.2) is 57.7 Å². The number of aliphatic hydroxyl groups is 1. The van der Waals surface area contributed by atoms with Crippen molar-refractivity contribution in [2.24, 2.45) is 5.92 Å². The van der Waals surface area contributed by atoms with E-state index >= 15 is 4.79 Å². The molecule has 1 saturated heterocycles. The highest BCUT2D eigenvalue weighted by molar-refractivity contribution is 6.71. The number of hydrogen-bond acceptors (Lipinski definition) is 7. The third-order valence-corrected chi connectivity index (χ3v) is 13.9. The molecule has 0 bridgehead atoms. The number of benzene rings is 4. The lowest BCUT2D eigenvalue weighted by Crippen LogP contribution is -2.46. The van der Waals surface area contributed by atoms with Crippen molar-refractivity contribution in [1.29, 1.82) is 0 Å². The minimum atomic E-state index is -2.93. The molecule has 3 aliphatic heterocycles. The Kier molecular flexibility index (Phi) is 9.14. The van der Waals surface area contributed by atoms with Crippen molar-refractivity contribution in [3.8, 4) is 0 Å². The van der Waals surface area contributed by atoms with Crippen molar-refractivity contribution in [2.75, 3.05) is 16.4 Å². The van der Waals surface area contributed by atoms with Gasteiger partial charge in [-0.2, -0.15) is 0 Å². The van der Waals surface area contributed by atoms with E-state index in [0.717, 1.165) is 33.6 Å². The number of aryl methyl sites for hydroxylation is 2. The Hall–Kier alpha value is -4.94. The fourth-order valence-electron chi connectivity index (χ4n) is 9.01. The molecule has 1 unspecified atom stereocenters. The molecular weight excluding hydrogens is 683 g/mol. The van der Waals surface area contributed by atoms with Crippen LogP contribution in [0.4, 0.5) is 17.1 Å². The van der Waals surface area contributed by atoms with E-state index in [1.54, 1.807) is 9.58 Å². The molecule has 53 heavy (non-hydrogen) atoms. The molecule has 5 atom stereocenters.